The molecule has 4 rings (SSSR count). The number of nitrogens with one attached hydrogen (secondary N) is 1. The number of carboxylic acid groups (broad SMARTS) is 1. The molecule has 0 atom stereocenters. The molecule has 0 spiro atoms. The molecular formula is C20H25N3O5. The topological polar surface area (TPSA) is 105 Å². The van der Waals surface area contributed by atoms with Crippen LogP contribution in [0, 0.1) is 11.3 Å². The van der Waals surface area contributed by atoms with E-state index in [2.05, 4.69) is 9.97 Å². The Hall–Kier alpha value is -2.77. The van der Waals surface area contributed by atoms with Gasteiger partial charge in [0.1, 0.15) is 0 Å². The van der Waals surface area contributed by atoms with Crippen molar-refractivity contribution in [3.63, 3.8) is 0 Å². The summed E-state index contributed by atoms with van der Waals surface area (Å²) in [5, 5.41) is 10.2. The minimum absolute atomic E-state index is 0.256. The first kappa shape index (κ1) is 18.6. The molecule has 0 bridgehead atoms. The number of H-pyrrole nitrogens is 1. The van der Waals surface area contributed by atoms with Crippen molar-refractivity contribution >= 4 is 22.8 Å². The number of benzene rings is 1. The number of fused-ring (bicyclic) bond motifs is 1. The molecule has 1 saturated heterocycles. The monoisotopic (exact) mass is 387 g/mol. The van der Waals surface area contributed by atoms with Crippen LogP contribution in [0.2, 0.25) is 0 Å². The molecule has 0 radical (unpaired) electrons. The van der Waals surface area contributed by atoms with E-state index in [9.17, 15) is 14.7 Å². The average molecular weight is 387 g/mol. The SMILES string of the molecule is COc1cc2nc(N3CCC(CC4CC4)(C(=O)O)CC3)[nH]c(=O)c2cc1OC. The molecule has 2 aliphatic rings. The van der Waals surface area contributed by atoms with Gasteiger partial charge in [0.05, 0.1) is 30.5 Å². The number of aromatic amines is 1. The standard InChI is InChI=1S/C20H25N3O5/c1-27-15-9-13-14(10-16(15)28-2)21-19(22-17(13)24)23-7-5-20(6-8-23,18(25)26)11-12-3-4-12/h9-10,12H,3-8,11H2,1-2H3,(H,25,26)(H,21,22,24). The van der Waals surface area contributed by atoms with E-state index in [0.29, 0.717) is 60.2 Å². The van der Waals surface area contributed by atoms with E-state index in [-0.39, 0.29) is 5.56 Å². The Kier molecular flexibility index (Phi) is 4.64. The van der Waals surface area contributed by atoms with Crippen LogP contribution in [0.15, 0.2) is 16.9 Å². The summed E-state index contributed by atoms with van der Waals surface area (Å²) in [6.45, 7) is 1.11. The van der Waals surface area contributed by atoms with Gasteiger partial charge in [-0.15, -0.1) is 0 Å². The molecule has 28 heavy (non-hydrogen) atoms. The summed E-state index contributed by atoms with van der Waals surface area (Å²) in [7, 11) is 3.05. The van der Waals surface area contributed by atoms with Gasteiger partial charge in [-0.05, 0) is 31.2 Å². The normalized spacial score (nSPS) is 18.9. The van der Waals surface area contributed by atoms with Crippen LogP contribution in [0.1, 0.15) is 32.1 Å². The highest BCUT2D eigenvalue weighted by Gasteiger charge is 2.45. The van der Waals surface area contributed by atoms with Gasteiger partial charge in [-0.2, -0.15) is 0 Å². The lowest BCUT2D eigenvalue weighted by atomic mass is 9.74. The van der Waals surface area contributed by atoms with Crippen molar-refractivity contribution in [3.8, 4) is 11.5 Å². The van der Waals surface area contributed by atoms with E-state index in [1.54, 1.807) is 12.1 Å². The molecule has 1 aliphatic heterocycles. The smallest absolute Gasteiger partial charge is 0.309 e. The highest BCUT2D eigenvalue weighted by atomic mass is 16.5. The second-order valence-electron chi connectivity index (χ2n) is 7.83. The number of aromatic nitrogens is 2. The number of rotatable bonds is 6. The number of aliphatic carboxylic acids is 1. The van der Waals surface area contributed by atoms with Crippen LogP contribution in [0.5, 0.6) is 11.5 Å². The molecule has 1 aromatic heterocycles. The van der Waals surface area contributed by atoms with Crippen LogP contribution in [0.4, 0.5) is 5.95 Å². The van der Waals surface area contributed by atoms with Crippen molar-refractivity contribution in [3.05, 3.63) is 22.5 Å². The van der Waals surface area contributed by atoms with Crippen LogP contribution in [-0.4, -0.2) is 48.4 Å². The average Bonchev–Trinajstić information content (AvgIpc) is 3.51. The van der Waals surface area contributed by atoms with E-state index in [4.69, 9.17) is 9.47 Å². The fraction of sp³-hybridized carbons (Fsp3) is 0.550. The van der Waals surface area contributed by atoms with Crippen LogP contribution in [-0.2, 0) is 4.79 Å². The van der Waals surface area contributed by atoms with E-state index in [1.165, 1.54) is 14.2 Å². The number of ether oxygens (including phenoxy) is 2. The first-order chi connectivity index (χ1) is 13.5. The van der Waals surface area contributed by atoms with Crippen LogP contribution < -0.4 is 19.9 Å². The number of hydrogen-bond donors (Lipinski definition) is 2. The second-order valence-corrected chi connectivity index (χ2v) is 7.83. The van der Waals surface area contributed by atoms with Gasteiger partial charge in [0.25, 0.3) is 5.56 Å². The number of methoxy groups -OCH3 is 2. The molecule has 2 aromatic rings. The predicted octanol–water partition coefficient (Wildman–Crippen LogP) is 2.41. The maximum atomic E-state index is 12.6. The largest absolute Gasteiger partial charge is 0.493 e. The van der Waals surface area contributed by atoms with E-state index >= 15 is 0 Å². The summed E-state index contributed by atoms with van der Waals surface area (Å²) in [6.07, 6.45) is 4.17. The zero-order valence-electron chi connectivity index (χ0n) is 16.2. The lowest BCUT2D eigenvalue weighted by molar-refractivity contribution is -0.151. The second kappa shape index (κ2) is 7.00. The molecule has 0 unspecified atom stereocenters. The van der Waals surface area contributed by atoms with Gasteiger partial charge < -0.3 is 19.5 Å². The maximum absolute atomic E-state index is 12.6. The summed E-state index contributed by atoms with van der Waals surface area (Å²) in [6, 6.07) is 3.30. The molecular weight excluding hydrogens is 362 g/mol. The third-order valence-corrected chi connectivity index (χ3v) is 6.05. The summed E-state index contributed by atoms with van der Waals surface area (Å²) in [5.41, 5.74) is -0.385. The third-order valence-electron chi connectivity index (χ3n) is 6.05. The summed E-state index contributed by atoms with van der Waals surface area (Å²) >= 11 is 0. The third kappa shape index (κ3) is 3.27. The Morgan fingerprint density at radius 1 is 1.25 bits per heavy atom. The maximum Gasteiger partial charge on any atom is 0.309 e. The van der Waals surface area contributed by atoms with Gasteiger partial charge in [0.15, 0.2) is 11.5 Å². The predicted molar refractivity (Wildman–Crippen MR) is 104 cm³/mol. The number of carboxylic acids is 1. The van der Waals surface area contributed by atoms with Crippen molar-refractivity contribution in [1.29, 1.82) is 0 Å². The molecule has 2 heterocycles. The lowest BCUT2D eigenvalue weighted by Crippen LogP contribution is -2.45. The molecule has 0 amide bonds. The number of anilines is 1. The summed E-state index contributed by atoms with van der Waals surface area (Å²) < 4.78 is 10.6. The number of nitrogens with zero attached hydrogens (tertiary/aromatic N) is 2. The van der Waals surface area contributed by atoms with Gasteiger partial charge >= 0.3 is 5.97 Å². The Labute approximate surface area is 162 Å². The summed E-state index contributed by atoms with van der Waals surface area (Å²) in [5.74, 6) is 1.31. The quantitative estimate of drug-likeness (QED) is 0.784. The van der Waals surface area contributed by atoms with E-state index in [1.807, 2.05) is 4.90 Å². The van der Waals surface area contributed by atoms with Crippen molar-refractivity contribution in [2.24, 2.45) is 11.3 Å². The Morgan fingerprint density at radius 2 is 1.89 bits per heavy atom. The zero-order chi connectivity index (χ0) is 19.9. The van der Waals surface area contributed by atoms with E-state index in [0.717, 1.165) is 19.3 Å². The number of piperidine rings is 1. The molecule has 1 aromatic carbocycles. The molecule has 1 aliphatic carbocycles. The van der Waals surface area contributed by atoms with Gasteiger partial charge in [0.2, 0.25) is 5.95 Å². The number of carbonyl (C=O) groups is 1. The fourth-order valence-electron chi connectivity index (χ4n) is 4.13. The first-order valence-electron chi connectivity index (χ1n) is 9.60. The van der Waals surface area contributed by atoms with Crippen molar-refractivity contribution < 1.29 is 19.4 Å². The van der Waals surface area contributed by atoms with Crippen LogP contribution >= 0.6 is 0 Å². The zero-order valence-corrected chi connectivity index (χ0v) is 16.2. The fourth-order valence-corrected chi connectivity index (χ4v) is 4.13. The molecule has 8 heteroatoms. The minimum Gasteiger partial charge on any atom is -0.493 e. The Bertz CT molecular complexity index is 958. The Balaban J connectivity index is 1.61. The molecule has 2 N–H and O–H groups in total. The first-order valence-corrected chi connectivity index (χ1v) is 9.60. The van der Waals surface area contributed by atoms with Crippen molar-refractivity contribution in [1.82, 2.24) is 9.97 Å². The van der Waals surface area contributed by atoms with Gasteiger partial charge in [-0.3, -0.25) is 14.6 Å². The van der Waals surface area contributed by atoms with Gasteiger partial charge in [-0.1, -0.05) is 12.8 Å². The summed E-state index contributed by atoms with van der Waals surface area (Å²) in [4.78, 5) is 33.9. The Morgan fingerprint density at radius 3 is 2.46 bits per heavy atom. The minimum atomic E-state index is -0.698. The van der Waals surface area contributed by atoms with Crippen molar-refractivity contribution in [2.75, 3.05) is 32.2 Å². The molecule has 8 nitrogen and oxygen atoms in total. The number of hydrogen-bond acceptors (Lipinski definition) is 6. The molecule has 2 fully saturated rings. The van der Waals surface area contributed by atoms with Crippen LogP contribution in [0.25, 0.3) is 10.9 Å². The van der Waals surface area contributed by atoms with Crippen molar-refractivity contribution in [2.45, 2.75) is 32.1 Å². The molecule has 1 saturated carbocycles. The highest BCUT2D eigenvalue weighted by molar-refractivity contribution is 5.83. The lowest BCUT2D eigenvalue weighted by Gasteiger charge is -2.39. The highest BCUT2D eigenvalue weighted by Crippen LogP contribution is 2.46. The molecule has 150 valence electrons. The van der Waals surface area contributed by atoms with Gasteiger partial charge in [-0.25, -0.2) is 4.98 Å². The van der Waals surface area contributed by atoms with Crippen LogP contribution in [0.3, 0.4) is 0 Å². The van der Waals surface area contributed by atoms with E-state index < -0.39 is 11.4 Å². The van der Waals surface area contributed by atoms with Gasteiger partial charge in [0, 0.05) is 19.2 Å².